The van der Waals surface area contributed by atoms with Crippen LogP contribution in [0.2, 0.25) is 0 Å². The summed E-state index contributed by atoms with van der Waals surface area (Å²) in [6, 6.07) is 1.72. The number of aryl methyl sites for hydroxylation is 1. The van der Waals surface area contributed by atoms with Gasteiger partial charge in [-0.3, -0.25) is 9.69 Å². The monoisotopic (exact) mass is 341 g/mol. The van der Waals surface area contributed by atoms with Crippen molar-refractivity contribution in [1.82, 2.24) is 24.4 Å². The molecule has 24 heavy (non-hydrogen) atoms. The molecule has 1 aliphatic heterocycles. The number of rotatable bonds is 2. The lowest BCUT2D eigenvalue weighted by Crippen LogP contribution is -2.38. The van der Waals surface area contributed by atoms with Crippen molar-refractivity contribution >= 4 is 11.6 Å². The summed E-state index contributed by atoms with van der Waals surface area (Å²) >= 11 is 0. The second-order valence-corrected chi connectivity index (χ2v) is 5.89. The molecule has 1 aliphatic rings. The predicted molar refractivity (Wildman–Crippen MR) is 80.7 cm³/mol. The first-order valence-corrected chi connectivity index (χ1v) is 7.73. The van der Waals surface area contributed by atoms with Crippen LogP contribution in [0.5, 0.6) is 0 Å². The van der Waals surface area contributed by atoms with Crippen molar-refractivity contribution in [2.24, 2.45) is 0 Å². The van der Waals surface area contributed by atoms with Gasteiger partial charge in [0.1, 0.15) is 5.56 Å². The van der Waals surface area contributed by atoms with E-state index in [4.69, 9.17) is 0 Å². The van der Waals surface area contributed by atoms with Gasteiger partial charge in [-0.05, 0) is 19.4 Å². The quantitative estimate of drug-likeness (QED) is 0.835. The summed E-state index contributed by atoms with van der Waals surface area (Å²) in [7, 11) is 0. The number of hydrogen-bond donors (Lipinski definition) is 0. The number of nitrogens with zero attached hydrogens (tertiary/aromatic N) is 5. The Balaban J connectivity index is 1.77. The van der Waals surface area contributed by atoms with Gasteiger partial charge in [0.25, 0.3) is 5.91 Å². The van der Waals surface area contributed by atoms with Gasteiger partial charge in [0.15, 0.2) is 5.65 Å². The van der Waals surface area contributed by atoms with E-state index in [1.54, 1.807) is 30.3 Å². The molecule has 3 heterocycles. The lowest BCUT2D eigenvalue weighted by molar-refractivity contribution is -0.145. The normalized spacial score (nSPS) is 17.2. The molecule has 0 radical (unpaired) electrons. The molecule has 0 aliphatic carbocycles. The summed E-state index contributed by atoms with van der Waals surface area (Å²) in [5.74, 6) is -0.227. The van der Waals surface area contributed by atoms with Crippen LogP contribution in [0.3, 0.4) is 0 Å². The first kappa shape index (κ1) is 16.7. The minimum Gasteiger partial charge on any atom is -0.337 e. The fourth-order valence-electron chi connectivity index (χ4n) is 2.99. The van der Waals surface area contributed by atoms with Crippen molar-refractivity contribution in [2.75, 3.05) is 32.7 Å². The van der Waals surface area contributed by atoms with E-state index in [9.17, 15) is 18.0 Å². The van der Waals surface area contributed by atoms with Crippen LogP contribution in [0.1, 0.15) is 22.5 Å². The topological polar surface area (TPSA) is 53.7 Å². The number of amides is 1. The largest absolute Gasteiger partial charge is 0.401 e. The average Bonchev–Trinajstić information content (AvgIpc) is 2.67. The zero-order valence-corrected chi connectivity index (χ0v) is 13.3. The number of fused-ring (bicyclic) bond motifs is 1. The highest BCUT2D eigenvalue weighted by Gasteiger charge is 2.32. The van der Waals surface area contributed by atoms with E-state index < -0.39 is 12.7 Å². The van der Waals surface area contributed by atoms with E-state index >= 15 is 0 Å². The molecule has 3 rings (SSSR count). The van der Waals surface area contributed by atoms with Crippen LogP contribution in [0.15, 0.2) is 18.5 Å². The molecule has 0 spiro atoms. The standard InChI is InChI=1S/C15H18F3N5O/c1-11-12(13-19-4-2-7-23(13)20-11)14(24)22-6-3-5-21(8-9-22)10-15(16,17)18/h2,4,7H,3,5-6,8-10H2,1H3. The van der Waals surface area contributed by atoms with E-state index in [1.165, 1.54) is 9.42 Å². The van der Waals surface area contributed by atoms with Crippen LogP contribution in [-0.2, 0) is 0 Å². The van der Waals surface area contributed by atoms with Crippen molar-refractivity contribution in [1.29, 1.82) is 0 Å². The Labute approximate surface area is 136 Å². The first-order chi connectivity index (χ1) is 11.3. The lowest BCUT2D eigenvalue weighted by Gasteiger charge is -2.22. The molecule has 1 amide bonds. The van der Waals surface area contributed by atoms with Crippen LogP contribution in [0.25, 0.3) is 5.65 Å². The second-order valence-electron chi connectivity index (χ2n) is 5.89. The summed E-state index contributed by atoms with van der Waals surface area (Å²) in [4.78, 5) is 20.0. The third kappa shape index (κ3) is 3.50. The van der Waals surface area contributed by atoms with E-state index in [-0.39, 0.29) is 19.0 Å². The number of halogens is 3. The second kappa shape index (κ2) is 6.39. The van der Waals surface area contributed by atoms with Crippen molar-refractivity contribution in [2.45, 2.75) is 19.5 Å². The van der Waals surface area contributed by atoms with Gasteiger partial charge < -0.3 is 4.90 Å². The number of alkyl halides is 3. The summed E-state index contributed by atoms with van der Waals surface area (Å²) in [6.07, 6.45) is -0.421. The highest BCUT2D eigenvalue weighted by atomic mass is 19.4. The summed E-state index contributed by atoms with van der Waals surface area (Å²) in [6.45, 7) is 2.02. The van der Waals surface area contributed by atoms with E-state index in [1.807, 2.05) is 0 Å². The van der Waals surface area contributed by atoms with Crippen LogP contribution in [0, 0.1) is 6.92 Å². The highest BCUT2D eigenvalue weighted by molar-refractivity contribution is 6.01. The number of aromatic nitrogens is 3. The Bertz CT molecular complexity index is 742. The molecule has 0 N–H and O–H groups in total. The fraction of sp³-hybridized carbons (Fsp3) is 0.533. The van der Waals surface area contributed by atoms with Crippen LogP contribution < -0.4 is 0 Å². The van der Waals surface area contributed by atoms with Gasteiger partial charge in [0.2, 0.25) is 0 Å². The molecule has 1 fully saturated rings. The average molecular weight is 341 g/mol. The molecule has 0 atom stereocenters. The smallest absolute Gasteiger partial charge is 0.337 e. The van der Waals surface area contributed by atoms with E-state index in [2.05, 4.69) is 10.1 Å². The number of hydrogen-bond acceptors (Lipinski definition) is 4. The zero-order chi connectivity index (χ0) is 17.3. The maximum Gasteiger partial charge on any atom is 0.401 e. The van der Waals surface area contributed by atoms with Gasteiger partial charge in [-0.1, -0.05) is 0 Å². The van der Waals surface area contributed by atoms with Crippen molar-refractivity contribution in [3.05, 3.63) is 29.7 Å². The van der Waals surface area contributed by atoms with Crippen LogP contribution in [0.4, 0.5) is 13.2 Å². The van der Waals surface area contributed by atoms with Gasteiger partial charge >= 0.3 is 6.18 Å². The Morgan fingerprint density at radius 3 is 2.79 bits per heavy atom. The predicted octanol–water partition coefficient (Wildman–Crippen LogP) is 1.75. The molecule has 0 aromatic carbocycles. The summed E-state index contributed by atoms with van der Waals surface area (Å²) < 4.78 is 39.2. The van der Waals surface area contributed by atoms with Gasteiger partial charge in [-0.25, -0.2) is 9.50 Å². The summed E-state index contributed by atoms with van der Waals surface area (Å²) in [5.41, 5.74) is 1.45. The molecular weight excluding hydrogens is 323 g/mol. The van der Waals surface area contributed by atoms with Gasteiger partial charge in [-0.2, -0.15) is 18.3 Å². The van der Waals surface area contributed by atoms with E-state index in [0.29, 0.717) is 36.4 Å². The lowest BCUT2D eigenvalue weighted by atomic mass is 10.2. The number of carbonyl (C=O) groups excluding carboxylic acids is 1. The molecule has 2 aromatic heterocycles. The molecule has 0 unspecified atom stereocenters. The maximum atomic E-state index is 12.8. The zero-order valence-electron chi connectivity index (χ0n) is 13.3. The molecule has 6 nitrogen and oxygen atoms in total. The van der Waals surface area contributed by atoms with Crippen molar-refractivity contribution in [3.63, 3.8) is 0 Å². The minimum atomic E-state index is -4.22. The Morgan fingerprint density at radius 1 is 1.25 bits per heavy atom. The van der Waals surface area contributed by atoms with Crippen molar-refractivity contribution in [3.8, 4) is 0 Å². The SMILES string of the molecule is Cc1nn2cccnc2c1C(=O)N1CCCN(CC(F)(F)F)CC1. The molecule has 2 aromatic rings. The molecule has 1 saturated heterocycles. The molecular formula is C15H18F3N5O. The highest BCUT2D eigenvalue weighted by Crippen LogP contribution is 2.20. The third-order valence-electron chi connectivity index (χ3n) is 4.06. The molecule has 0 saturated carbocycles. The number of carbonyl (C=O) groups is 1. The molecule has 130 valence electrons. The minimum absolute atomic E-state index is 0.205. The Hall–Kier alpha value is -2.16. The van der Waals surface area contributed by atoms with Crippen LogP contribution in [-0.4, -0.2) is 69.2 Å². The van der Waals surface area contributed by atoms with Gasteiger partial charge in [0, 0.05) is 38.6 Å². The van der Waals surface area contributed by atoms with Gasteiger partial charge in [-0.15, -0.1) is 0 Å². The summed E-state index contributed by atoms with van der Waals surface area (Å²) in [5, 5.41) is 4.26. The van der Waals surface area contributed by atoms with E-state index in [0.717, 1.165) is 0 Å². The Kier molecular flexibility index (Phi) is 4.44. The first-order valence-electron chi connectivity index (χ1n) is 7.73. The Morgan fingerprint density at radius 2 is 2.04 bits per heavy atom. The van der Waals surface area contributed by atoms with Gasteiger partial charge in [0.05, 0.1) is 12.2 Å². The fourth-order valence-corrected chi connectivity index (χ4v) is 2.99. The molecule has 0 bridgehead atoms. The maximum absolute atomic E-state index is 12.8. The van der Waals surface area contributed by atoms with Crippen molar-refractivity contribution < 1.29 is 18.0 Å². The molecule has 9 heteroatoms. The third-order valence-corrected chi connectivity index (χ3v) is 4.06. The van der Waals surface area contributed by atoms with Crippen LogP contribution >= 0.6 is 0 Å².